The van der Waals surface area contributed by atoms with Crippen molar-refractivity contribution in [3.63, 3.8) is 0 Å². The van der Waals surface area contributed by atoms with E-state index >= 15 is 0 Å². The lowest BCUT2D eigenvalue weighted by Gasteiger charge is -2.31. The zero-order valence-electron chi connectivity index (χ0n) is 10.7. The van der Waals surface area contributed by atoms with E-state index in [-0.39, 0.29) is 17.6 Å². The second-order valence-electron chi connectivity index (χ2n) is 4.64. The average Bonchev–Trinajstić information content (AvgIpc) is 2.37. The number of amides is 1. The number of H-pyrrole nitrogens is 1. The summed E-state index contributed by atoms with van der Waals surface area (Å²) in [4.78, 5) is 28.0. The molecule has 0 radical (unpaired) electrons. The molecule has 98 valence electrons. The second-order valence-corrected chi connectivity index (χ2v) is 4.64. The summed E-state index contributed by atoms with van der Waals surface area (Å²) >= 11 is 0. The van der Waals surface area contributed by atoms with Crippen molar-refractivity contribution in [3.05, 3.63) is 33.7 Å². The van der Waals surface area contributed by atoms with Gasteiger partial charge < -0.3 is 14.6 Å². The van der Waals surface area contributed by atoms with Crippen molar-refractivity contribution < 1.29 is 9.53 Å². The molecule has 0 atom stereocenters. The fourth-order valence-corrected chi connectivity index (χ4v) is 2.28. The Bertz CT molecular complexity index is 487. The van der Waals surface area contributed by atoms with Gasteiger partial charge >= 0.3 is 0 Å². The van der Waals surface area contributed by atoms with Crippen molar-refractivity contribution in [1.82, 2.24) is 9.88 Å². The van der Waals surface area contributed by atoms with Gasteiger partial charge in [0.25, 0.3) is 5.91 Å². The van der Waals surface area contributed by atoms with Gasteiger partial charge in [-0.05, 0) is 25.8 Å². The van der Waals surface area contributed by atoms with Gasteiger partial charge in [-0.3, -0.25) is 9.59 Å². The normalized spacial score (nSPS) is 16.9. The van der Waals surface area contributed by atoms with Crippen LogP contribution >= 0.6 is 0 Å². The van der Waals surface area contributed by atoms with E-state index in [2.05, 4.69) is 4.98 Å². The Balaban J connectivity index is 2.10. The third-order valence-corrected chi connectivity index (χ3v) is 3.29. The summed E-state index contributed by atoms with van der Waals surface area (Å²) in [6.45, 7) is 3.14. The van der Waals surface area contributed by atoms with Gasteiger partial charge in [-0.25, -0.2) is 0 Å². The summed E-state index contributed by atoms with van der Waals surface area (Å²) in [7, 11) is 1.70. The van der Waals surface area contributed by atoms with Crippen LogP contribution in [0.3, 0.4) is 0 Å². The molecule has 5 nitrogen and oxygen atoms in total. The fraction of sp³-hybridized carbons (Fsp3) is 0.538. The maximum atomic E-state index is 12.2. The molecule has 1 amide bonds. The van der Waals surface area contributed by atoms with Crippen LogP contribution in [-0.4, -0.2) is 42.1 Å². The number of likely N-dealkylation sites (tertiary alicyclic amines) is 1. The van der Waals surface area contributed by atoms with Crippen LogP contribution in [-0.2, 0) is 4.74 Å². The molecule has 1 saturated heterocycles. The zero-order valence-corrected chi connectivity index (χ0v) is 10.7. The Kier molecular flexibility index (Phi) is 3.81. The molecule has 1 aliphatic heterocycles. The van der Waals surface area contributed by atoms with E-state index in [0.717, 1.165) is 12.8 Å². The van der Waals surface area contributed by atoms with Gasteiger partial charge in [-0.2, -0.15) is 0 Å². The van der Waals surface area contributed by atoms with Gasteiger partial charge in [0, 0.05) is 37.5 Å². The molecular formula is C13H18N2O3. The largest absolute Gasteiger partial charge is 0.381 e. The zero-order chi connectivity index (χ0) is 13.1. The number of hydrogen-bond donors (Lipinski definition) is 1. The minimum Gasteiger partial charge on any atom is -0.381 e. The number of carbonyl (C=O) groups is 1. The predicted molar refractivity (Wildman–Crippen MR) is 67.7 cm³/mol. The molecule has 0 aromatic carbocycles. The number of pyridine rings is 1. The molecule has 18 heavy (non-hydrogen) atoms. The van der Waals surface area contributed by atoms with Crippen LogP contribution in [0.25, 0.3) is 0 Å². The maximum absolute atomic E-state index is 12.2. The number of nitrogens with one attached hydrogen (secondary N) is 1. The minimum atomic E-state index is -0.231. The summed E-state index contributed by atoms with van der Waals surface area (Å²) in [5, 5.41) is 0. The highest BCUT2D eigenvalue weighted by Gasteiger charge is 2.23. The number of piperidine rings is 1. The molecule has 5 heteroatoms. The molecular weight excluding hydrogens is 232 g/mol. The van der Waals surface area contributed by atoms with Crippen molar-refractivity contribution in [2.75, 3.05) is 20.2 Å². The SMILES string of the molecule is COC1CCN(C(=O)c2cc(C)[nH]c(=O)c2)CC1. The Morgan fingerprint density at radius 1 is 1.39 bits per heavy atom. The third-order valence-electron chi connectivity index (χ3n) is 3.29. The Hall–Kier alpha value is -1.62. The Morgan fingerprint density at radius 2 is 2.06 bits per heavy atom. The highest BCUT2D eigenvalue weighted by atomic mass is 16.5. The van der Waals surface area contributed by atoms with E-state index in [0.29, 0.717) is 24.3 Å². The first-order valence-corrected chi connectivity index (χ1v) is 6.13. The second kappa shape index (κ2) is 5.35. The van der Waals surface area contributed by atoms with Crippen LogP contribution in [0.15, 0.2) is 16.9 Å². The van der Waals surface area contributed by atoms with E-state index in [4.69, 9.17) is 4.74 Å². The van der Waals surface area contributed by atoms with E-state index < -0.39 is 0 Å². The molecule has 1 aromatic rings. The maximum Gasteiger partial charge on any atom is 0.254 e. The molecule has 1 fully saturated rings. The van der Waals surface area contributed by atoms with Gasteiger partial charge in [-0.1, -0.05) is 0 Å². The molecule has 1 N–H and O–H groups in total. The quantitative estimate of drug-likeness (QED) is 0.849. The lowest BCUT2D eigenvalue weighted by molar-refractivity contribution is 0.0350. The van der Waals surface area contributed by atoms with E-state index in [1.807, 2.05) is 0 Å². The number of methoxy groups -OCH3 is 1. The number of aromatic amines is 1. The predicted octanol–water partition coefficient (Wildman–Crippen LogP) is 0.934. The average molecular weight is 250 g/mol. The molecule has 0 unspecified atom stereocenters. The monoisotopic (exact) mass is 250 g/mol. The van der Waals surface area contributed by atoms with Crippen molar-refractivity contribution in [2.45, 2.75) is 25.9 Å². The summed E-state index contributed by atoms with van der Waals surface area (Å²) in [5.74, 6) is -0.0706. The van der Waals surface area contributed by atoms with Gasteiger partial charge in [0.15, 0.2) is 0 Å². The first-order chi connectivity index (χ1) is 8.60. The molecule has 1 aromatic heterocycles. The number of carbonyl (C=O) groups excluding carboxylic acids is 1. The Morgan fingerprint density at radius 3 is 2.61 bits per heavy atom. The van der Waals surface area contributed by atoms with Crippen molar-refractivity contribution >= 4 is 5.91 Å². The molecule has 2 heterocycles. The standard InChI is InChI=1S/C13H18N2O3/c1-9-7-10(8-12(16)14-9)13(17)15-5-3-11(18-2)4-6-15/h7-8,11H,3-6H2,1-2H3,(H,14,16). The van der Waals surface area contributed by atoms with Gasteiger partial charge in [0.05, 0.1) is 6.10 Å². The lowest BCUT2D eigenvalue weighted by Crippen LogP contribution is -2.40. The third kappa shape index (κ3) is 2.79. The van der Waals surface area contributed by atoms with E-state index in [1.165, 1.54) is 6.07 Å². The topological polar surface area (TPSA) is 62.4 Å². The van der Waals surface area contributed by atoms with E-state index in [9.17, 15) is 9.59 Å². The highest BCUT2D eigenvalue weighted by molar-refractivity contribution is 5.94. The molecule has 0 saturated carbocycles. The molecule has 0 bridgehead atoms. The molecule has 2 rings (SSSR count). The fourth-order valence-electron chi connectivity index (χ4n) is 2.28. The molecule has 0 spiro atoms. The number of hydrogen-bond acceptors (Lipinski definition) is 3. The van der Waals surface area contributed by atoms with E-state index in [1.54, 1.807) is 25.0 Å². The van der Waals surface area contributed by atoms with Crippen molar-refractivity contribution in [2.24, 2.45) is 0 Å². The van der Waals surface area contributed by atoms with Crippen LogP contribution in [0.5, 0.6) is 0 Å². The van der Waals surface area contributed by atoms with Crippen LogP contribution < -0.4 is 5.56 Å². The number of ether oxygens (including phenoxy) is 1. The number of nitrogens with zero attached hydrogens (tertiary/aromatic N) is 1. The number of aromatic nitrogens is 1. The number of rotatable bonds is 2. The lowest BCUT2D eigenvalue weighted by atomic mass is 10.1. The summed E-state index contributed by atoms with van der Waals surface area (Å²) in [6, 6.07) is 3.07. The smallest absolute Gasteiger partial charge is 0.254 e. The van der Waals surface area contributed by atoms with Crippen LogP contribution in [0.1, 0.15) is 28.9 Å². The first kappa shape index (κ1) is 12.8. The Labute approximate surface area is 106 Å². The summed E-state index contributed by atoms with van der Waals surface area (Å²) < 4.78 is 5.27. The minimum absolute atomic E-state index is 0.0706. The van der Waals surface area contributed by atoms with Crippen LogP contribution in [0, 0.1) is 6.92 Å². The van der Waals surface area contributed by atoms with Crippen molar-refractivity contribution in [3.8, 4) is 0 Å². The van der Waals surface area contributed by atoms with Crippen molar-refractivity contribution in [1.29, 1.82) is 0 Å². The van der Waals surface area contributed by atoms with Crippen LogP contribution in [0.4, 0.5) is 0 Å². The summed E-state index contributed by atoms with van der Waals surface area (Å²) in [6.07, 6.45) is 1.95. The van der Waals surface area contributed by atoms with Gasteiger partial charge in [-0.15, -0.1) is 0 Å². The summed E-state index contributed by atoms with van der Waals surface area (Å²) in [5.41, 5.74) is 0.940. The molecule has 0 aliphatic carbocycles. The van der Waals surface area contributed by atoms with Gasteiger partial charge in [0.1, 0.15) is 0 Å². The van der Waals surface area contributed by atoms with Crippen LogP contribution in [0.2, 0.25) is 0 Å². The molecule has 1 aliphatic rings. The first-order valence-electron chi connectivity index (χ1n) is 6.13. The highest BCUT2D eigenvalue weighted by Crippen LogP contribution is 2.15. The van der Waals surface area contributed by atoms with Gasteiger partial charge in [0.2, 0.25) is 5.56 Å². The number of aryl methyl sites for hydroxylation is 1.